The third-order valence-corrected chi connectivity index (χ3v) is 1.99. The van der Waals surface area contributed by atoms with Gasteiger partial charge in [0, 0.05) is 6.04 Å². The van der Waals surface area contributed by atoms with E-state index in [1.54, 1.807) is 0 Å². The summed E-state index contributed by atoms with van der Waals surface area (Å²) < 4.78 is 0. The molecule has 0 amide bonds. The van der Waals surface area contributed by atoms with E-state index in [-0.39, 0.29) is 0 Å². The van der Waals surface area contributed by atoms with Crippen LogP contribution in [0.4, 0.5) is 0 Å². The first-order valence-corrected chi connectivity index (χ1v) is 4.78. The predicted octanol–water partition coefficient (Wildman–Crippen LogP) is 1.50. The number of unbranched alkanes of at least 4 members (excludes halogenated alkanes) is 1. The molecule has 0 aromatic carbocycles. The van der Waals surface area contributed by atoms with Gasteiger partial charge in [0.25, 0.3) is 0 Å². The molecule has 1 atom stereocenters. The molecule has 11 heavy (non-hydrogen) atoms. The van der Waals surface area contributed by atoms with E-state index in [0.717, 1.165) is 13.1 Å². The van der Waals surface area contributed by atoms with Crippen molar-refractivity contribution in [1.82, 2.24) is 5.32 Å². The smallest absolute Gasteiger partial charge is 0.00643 e. The monoisotopic (exact) mass is 158 g/mol. The van der Waals surface area contributed by atoms with Crippen molar-refractivity contribution in [3.63, 3.8) is 0 Å². The molecule has 0 aromatic heterocycles. The zero-order valence-corrected chi connectivity index (χ0v) is 7.90. The van der Waals surface area contributed by atoms with Gasteiger partial charge in [-0.1, -0.05) is 20.3 Å². The van der Waals surface area contributed by atoms with E-state index in [1.807, 2.05) is 0 Å². The second-order valence-electron chi connectivity index (χ2n) is 2.95. The van der Waals surface area contributed by atoms with Gasteiger partial charge in [0.15, 0.2) is 0 Å². The second kappa shape index (κ2) is 8.02. The normalized spacial score (nSPS) is 13.4. The lowest BCUT2D eigenvalue weighted by atomic mass is 10.1. The summed E-state index contributed by atoms with van der Waals surface area (Å²) in [6, 6.07) is 0.714. The summed E-state index contributed by atoms with van der Waals surface area (Å²) in [7, 11) is 0. The maximum atomic E-state index is 5.41. The summed E-state index contributed by atoms with van der Waals surface area (Å²) in [6.45, 7) is 6.31. The molecule has 0 saturated carbocycles. The lowest BCUT2D eigenvalue weighted by Crippen LogP contribution is -2.28. The summed E-state index contributed by atoms with van der Waals surface area (Å²) in [5.41, 5.74) is 5.41. The molecule has 0 rings (SSSR count). The van der Waals surface area contributed by atoms with Crippen molar-refractivity contribution in [2.24, 2.45) is 5.73 Å². The first kappa shape index (κ1) is 10.9. The van der Waals surface area contributed by atoms with Crippen LogP contribution in [0.3, 0.4) is 0 Å². The van der Waals surface area contributed by atoms with Crippen LogP contribution < -0.4 is 11.1 Å². The molecule has 0 aliphatic rings. The Kier molecular flexibility index (Phi) is 7.96. The number of hydrogen-bond acceptors (Lipinski definition) is 2. The summed E-state index contributed by atoms with van der Waals surface area (Å²) in [6.07, 6.45) is 4.95. The Balaban J connectivity index is 3.20. The van der Waals surface area contributed by atoms with Crippen molar-refractivity contribution in [3.8, 4) is 0 Å². The lowest BCUT2D eigenvalue weighted by Gasteiger charge is -2.14. The number of rotatable bonds is 7. The largest absolute Gasteiger partial charge is 0.330 e. The molecule has 2 heteroatoms. The van der Waals surface area contributed by atoms with Crippen molar-refractivity contribution in [3.05, 3.63) is 0 Å². The van der Waals surface area contributed by atoms with Crippen LogP contribution >= 0.6 is 0 Å². The summed E-state index contributed by atoms with van der Waals surface area (Å²) >= 11 is 0. The van der Waals surface area contributed by atoms with Gasteiger partial charge in [-0.3, -0.25) is 0 Å². The minimum Gasteiger partial charge on any atom is -0.330 e. The van der Waals surface area contributed by atoms with Crippen LogP contribution in [0.1, 0.15) is 39.5 Å². The van der Waals surface area contributed by atoms with Crippen molar-refractivity contribution in [2.45, 2.75) is 45.6 Å². The molecule has 1 unspecified atom stereocenters. The predicted molar refractivity (Wildman–Crippen MR) is 50.7 cm³/mol. The fraction of sp³-hybridized carbons (Fsp3) is 1.00. The molecule has 0 bridgehead atoms. The minimum atomic E-state index is 0.714. The first-order chi connectivity index (χ1) is 5.35. The zero-order valence-electron chi connectivity index (χ0n) is 7.90. The van der Waals surface area contributed by atoms with Crippen molar-refractivity contribution in [2.75, 3.05) is 13.1 Å². The van der Waals surface area contributed by atoms with Gasteiger partial charge in [-0.15, -0.1) is 0 Å². The summed E-state index contributed by atoms with van der Waals surface area (Å²) in [4.78, 5) is 0. The third-order valence-electron chi connectivity index (χ3n) is 1.99. The highest BCUT2D eigenvalue weighted by atomic mass is 14.9. The molecular formula is C9H22N2. The number of nitrogens with two attached hydrogens (primary N) is 1. The van der Waals surface area contributed by atoms with Crippen LogP contribution in [0.5, 0.6) is 0 Å². The van der Waals surface area contributed by atoms with Crippen LogP contribution in [-0.2, 0) is 0 Å². The summed E-state index contributed by atoms with van der Waals surface area (Å²) in [5, 5.41) is 3.45. The highest BCUT2D eigenvalue weighted by Crippen LogP contribution is 2.02. The maximum absolute atomic E-state index is 5.41. The first-order valence-electron chi connectivity index (χ1n) is 4.78. The topological polar surface area (TPSA) is 38.0 Å². The van der Waals surface area contributed by atoms with Gasteiger partial charge < -0.3 is 11.1 Å². The van der Waals surface area contributed by atoms with Gasteiger partial charge in [-0.25, -0.2) is 0 Å². The van der Waals surface area contributed by atoms with E-state index in [1.165, 1.54) is 25.7 Å². The van der Waals surface area contributed by atoms with Gasteiger partial charge in [0.05, 0.1) is 0 Å². The van der Waals surface area contributed by atoms with Gasteiger partial charge in [0.1, 0.15) is 0 Å². The Morgan fingerprint density at radius 1 is 1.27 bits per heavy atom. The average molecular weight is 158 g/mol. The Labute approximate surface area is 70.5 Å². The van der Waals surface area contributed by atoms with Crippen LogP contribution in [-0.4, -0.2) is 19.1 Å². The quantitative estimate of drug-likeness (QED) is 0.551. The van der Waals surface area contributed by atoms with Crippen molar-refractivity contribution >= 4 is 0 Å². The molecule has 0 fully saturated rings. The van der Waals surface area contributed by atoms with Crippen LogP contribution in [0, 0.1) is 0 Å². The second-order valence-corrected chi connectivity index (χ2v) is 2.95. The standard InChI is InChI=1S/C9H22N2/c1-3-9(11-4-2)7-5-6-8-10/h9,11H,3-8,10H2,1-2H3. The maximum Gasteiger partial charge on any atom is 0.00643 e. The number of hydrogen-bond donors (Lipinski definition) is 2. The third kappa shape index (κ3) is 6.32. The zero-order chi connectivity index (χ0) is 8.53. The van der Waals surface area contributed by atoms with Crippen LogP contribution in [0.2, 0.25) is 0 Å². The molecular weight excluding hydrogens is 136 g/mol. The average Bonchev–Trinajstić information content (AvgIpc) is 2.03. The highest BCUT2D eigenvalue weighted by Gasteiger charge is 2.01. The Morgan fingerprint density at radius 2 is 2.00 bits per heavy atom. The van der Waals surface area contributed by atoms with Gasteiger partial charge in [-0.05, 0) is 32.4 Å². The van der Waals surface area contributed by atoms with Gasteiger partial charge >= 0.3 is 0 Å². The Hall–Kier alpha value is -0.0800. The fourth-order valence-corrected chi connectivity index (χ4v) is 1.27. The molecule has 3 N–H and O–H groups in total. The van der Waals surface area contributed by atoms with E-state index in [9.17, 15) is 0 Å². The fourth-order valence-electron chi connectivity index (χ4n) is 1.27. The van der Waals surface area contributed by atoms with E-state index >= 15 is 0 Å². The Morgan fingerprint density at radius 3 is 2.45 bits per heavy atom. The van der Waals surface area contributed by atoms with E-state index in [0.29, 0.717) is 6.04 Å². The van der Waals surface area contributed by atoms with E-state index in [2.05, 4.69) is 19.2 Å². The SMILES string of the molecule is CCNC(CC)CCCCN. The molecule has 0 radical (unpaired) electrons. The highest BCUT2D eigenvalue weighted by molar-refractivity contribution is 4.63. The summed E-state index contributed by atoms with van der Waals surface area (Å²) in [5.74, 6) is 0. The van der Waals surface area contributed by atoms with Gasteiger partial charge in [0.2, 0.25) is 0 Å². The molecule has 0 spiro atoms. The molecule has 0 aliphatic carbocycles. The molecule has 0 heterocycles. The molecule has 0 aromatic rings. The van der Waals surface area contributed by atoms with Gasteiger partial charge in [-0.2, -0.15) is 0 Å². The minimum absolute atomic E-state index is 0.714. The van der Waals surface area contributed by atoms with Crippen LogP contribution in [0.25, 0.3) is 0 Å². The molecule has 2 nitrogen and oxygen atoms in total. The van der Waals surface area contributed by atoms with Crippen LogP contribution in [0.15, 0.2) is 0 Å². The number of nitrogens with one attached hydrogen (secondary N) is 1. The molecule has 0 saturated heterocycles. The van der Waals surface area contributed by atoms with E-state index < -0.39 is 0 Å². The van der Waals surface area contributed by atoms with E-state index in [4.69, 9.17) is 5.73 Å². The lowest BCUT2D eigenvalue weighted by molar-refractivity contribution is 0.461. The van der Waals surface area contributed by atoms with Crippen molar-refractivity contribution in [1.29, 1.82) is 0 Å². The molecule has 68 valence electrons. The molecule has 0 aliphatic heterocycles. The van der Waals surface area contributed by atoms with Crippen molar-refractivity contribution < 1.29 is 0 Å². The Bertz CT molecular complexity index is 74.0.